The summed E-state index contributed by atoms with van der Waals surface area (Å²) in [4.78, 5) is 52.2. The maximum absolute atomic E-state index is 15.2. The SMILES string of the molecule is O=Cc1cc(-c2cn(CC(=O)Nc3cc(N4CCN(CC5CC5)CC4)ncc3Cl)c3nc4n(c(=O)c23)CCC4)c(F)c(F)c1O. The highest BCUT2D eigenvalue weighted by Crippen LogP contribution is 2.36. The van der Waals surface area contributed by atoms with E-state index in [0.717, 1.165) is 44.7 Å². The van der Waals surface area contributed by atoms with Crippen molar-refractivity contribution in [1.29, 1.82) is 0 Å². The van der Waals surface area contributed by atoms with E-state index in [9.17, 15) is 23.9 Å². The molecule has 1 saturated carbocycles. The number of halogens is 3. The Bertz CT molecular complexity index is 1910. The van der Waals surface area contributed by atoms with Crippen LogP contribution in [0.1, 0.15) is 35.4 Å². The number of phenolic OH excluding ortho intramolecular Hbond substituents is 1. The maximum atomic E-state index is 15.2. The van der Waals surface area contributed by atoms with E-state index in [0.29, 0.717) is 36.7 Å². The summed E-state index contributed by atoms with van der Waals surface area (Å²) in [6, 6.07) is 2.70. The third kappa shape index (κ3) is 5.44. The third-order valence-corrected chi connectivity index (χ3v) is 9.10. The van der Waals surface area contributed by atoms with Gasteiger partial charge in [0.2, 0.25) is 11.7 Å². The quantitative estimate of drug-likeness (QED) is 0.279. The third-order valence-electron chi connectivity index (χ3n) is 8.80. The molecule has 0 radical (unpaired) electrons. The zero-order chi connectivity index (χ0) is 31.4. The highest BCUT2D eigenvalue weighted by Gasteiger charge is 2.28. The molecule has 7 rings (SSSR count). The summed E-state index contributed by atoms with van der Waals surface area (Å²) in [6.45, 7) is 4.69. The van der Waals surface area contributed by atoms with Crippen LogP contribution in [0.5, 0.6) is 5.75 Å². The second kappa shape index (κ2) is 11.5. The molecule has 14 heteroatoms. The van der Waals surface area contributed by atoms with Gasteiger partial charge in [0.05, 0.1) is 27.9 Å². The summed E-state index contributed by atoms with van der Waals surface area (Å²) in [5, 5.41) is 12.9. The van der Waals surface area contributed by atoms with Gasteiger partial charge in [-0.2, -0.15) is 4.39 Å². The van der Waals surface area contributed by atoms with E-state index in [-0.39, 0.29) is 34.5 Å². The summed E-state index contributed by atoms with van der Waals surface area (Å²) in [5.74, 6) is -2.64. The van der Waals surface area contributed by atoms with Crippen LogP contribution in [-0.2, 0) is 24.3 Å². The second-order valence-electron chi connectivity index (χ2n) is 11.9. The fourth-order valence-electron chi connectivity index (χ4n) is 6.24. The molecule has 3 aliphatic rings. The summed E-state index contributed by atoms with van der Waals surface area (Å²) in [7, 11) is 0. The topological polar surface area (TPSA) is 126 Å². The molecule has 5 heterocycles. The van der Waals surface area contributed by atoms with Crippen molar-refractivity contribution in [1.82, 2.24) is 24.0 Å². The molecule has 2 fully saturated rings. The lowest BCUT2D eigenvalue weighted by molar-refractivity contribution is -0.116. The molecule has 11 nitrogen and oxygen atoms in total. The predicted octanol–water partition coefficient (Wildman–Crippen LogP) is 3.83. The Labute approximate surface area is 261 Å². The average Bonchev–Trinajstić information content (AvgIpc) is 3.59. The number of carbonyl (C=O) groups is 2. The Hall–Kier alpha value is -4.36. The number of aryl methyl sites for hydroxylation is 1. The predicted molar refractivity (Wildman–Crippen MR) is 164 cm³/mol. The molecule has 0 spiro atoms. The number of aromatic hydroxyl groups is 1. The van der Waals surface area contributed by atoms with Gasteiger partial charge in [-0.15, -0.1) is 0 Å². The zero-order valence-corrected chi connectivity index (χ0v) is 25.0. The number of nitrogens with zero attached hydrogens (tertiary/aromatic N) is 6. The molecule has 0 unspecified atom stereocenters. The van der Waals surface area contributed by atoms with Gasteiger partial charge in [0, 0.05) is 69.1 Å². The number of hydrogen-bond acceptors (Lipinski definition) is 8. The van der Waals surface area contributed by atoms with Crippen LogP contribution >= 0.6 is 11.6 Å². The monoisotopic (exact) mass is 637 g/mol. The summed E-state index contributed by atoms with van der Waals surface area (Å²) >= 11 is 6.41. The first-order valence-corrected chi connectivity index (χ1v) is 15.3. The minimum Gasteiger partial charge on any atom is -0.504 e. The van der Waals surface area contributed by atoms with Crippen LogP contribution in [0.2, 0.25) is 5.02 Å². The van der Waals surface area contributed by atoms with Gasteiger partial charge in [0.25, 0.3) is 5.56 Å². The number of fused-ring (bicyclic) bond motifs is 2. The molecule has 1 aromatic carbocycles. The Morgan fingerprint density at radius 1 is 1.11 bits per heavy atom. The Kier molecular flexibility index (Phi) is 7.52. The molecule has 1 aliphatic carbocycles. The molecule has 2 N–H and O–H groups in total. The molecule has 2 aliphatic heterocycles. The van der Waals surface area contributed by atoms with Gasteiger partial charge in [-0.25, -0.2) is 14.4 Å². The van der Waals surface area contributed by atoms with Crippen molar-refractivity contribution >= 4 is 46.3 Å². The lowest BCUT2D eigenvalue weighted by atomic mass is 10.0. The molecule has 0 bridgehead atoms. The van der Waals surface area contributed by atoms with E-state index in [1.165, 1.54) is 34.4 Å². The largest absolute Gasteiger partial charge is 0.504 e. The fraction of sp³-hybridized carbons (Fsp3) is 0.387. The van der Waals surface area contributed by atoms with Gasteiger partial charge in [-0.05, 0) is 31.2 Å². The molecule has 1 saturated heterocycles. The van der Waals surface area contributed by atoms with Crippen molar-refractivity contribution in [3.63, 3.8) is 0 Å². The van der Waals surface area contributed by atoms with Gasteiger partial charge >= 0.3 is 0 Å². The van der Waals surface area contributed by atoms with Crippen LogP contribution in [0.25, 0.3) is 22.2 Å². The minimum absolute atomic E-state index is 0.0284. The van der Waals surface area contributed by atoms with Crippen LogP contribution in [-0.4, -0.2) is 74.0 Å². The van der Waals surface area contributed by atoms with Gasteiger partial charge < -0.3 is 19.9 Å². The highest BCUT2D eigenvalue weighted by atomic mass is 35.5. The molecule has 234 valence electrons. The molecule has 0 atom stereocenters. The number of amides is 1. The van der Waals surface area contributed by atoms with E-state index in [1.54, 1.807) is 6.07 Å². The number of phenols is 1. The first kappa shape index (κ1) is 29.4. The number of aromatic nitrogens is 4. The first-order valence-electron chi connectivity index (χ1n) is 14.9. The normalized spacial score (nSPS) is 16.7. The van der Waals surface area contributed by atoms with Gasteiger partial charge in [0.15, 0.2) is 17.9 Å². The highest BCUT2D eigenvalue weighted by molar-refractivity contribution is 6.33. The number of nitrogens with one attached hydrogen (secondary N) is 1. The Morgan fingerprint density at radius 2 is 1.89 bits per heavy atom. The first-order chi connectivity index (χ1) is 21.7. The summed E-state index contributed by atoms with van der Waals surface area (Å²) in [5.41, 5.74) is -0.940. The van der Waals surface area contributed by atoms with Crippen LogP contribution in [0.3, 0.4) is 0 Å². The number of pyridine rings is 1. The van der Waals surface area contributed by atoms with Crippen molar-refractivity contribution in [3.05, 3.63) is 62.9 Å². The zero-order valence-electron chi connectivity index (χ0n) is 24.2. The number of rotatable bonds is 8. The van der Waals surface area contributed by atoms with Crippen LogP contribution in [0.4, 0.5) is 20.3 Å². The van der Waals surface area contributed by atoms with Gasteiger partial charge in [-0.3, -0.25) is 23.9 Å². The van der Waals surface area contributed by atoms with E-state index < -0.39 is 40.0 Å². The smallest absolute Gasteiger partial charge is 0.263 e. The van der Waals surface area contributed by atoms with Crippen LogP contribution in [0.15, 0.2) is 29.3 Å². The van der Waals surface area contributed by atoms with E-state index in [2.05, 4.69) is 25.1 Å². The number of benzene rings is 1. The van der Waals surface area contributed by atoms with E-state index in [4.69, 9.17) is 11.6 Å². The maximum Gasteiger partial charge on any atom is 0.263 e. The Morgan fingerprint density at radius 3 is 2.62 bits per heavy atom. The van der Waals surface area contributed by atoms with Gasteiger partial charge in [0.1, 0.15) is 23.8 Å². The lowest BCUT2D eigenvalue weighted by Crippen LogP contribution is -2.47. The second-order valence-corrected chi connectivity index (χ2v) is 12.3. The number of aldehydes is 1. The molecule has 45 heavy (non-hydrogen) atoms. The fourth-order valence-corrected chi connectivity index (χ4v) is 6.39. The summed E-state index contributed by atoms with van der Waals surface area (Å²) < 4.78 is 32.6. The standard InChI is InChI=1S/C31H30ClF2N7O4/c32-21-12-35-24(39-8-6-38(7-9-39)13-17-3-4-17)11-22(21)36-25(43)15-40-14-20(19-10-18(16-42)29(44)28(34)27(19)33)26-30(40)37-23-2-1-5-41(23)31(26)45/h10-12,14,16-17,44H,1-9,13,15H2,(H,35,36,43). The van der Waals surface area contributed by atoms with Crippen LogP contribution in [0, 0.1) is 17.6 Å². The number of piperazine rings is 1. The number of hydrogen-bond donors (Lipinski definition) is 2. The molecular formula is C31H30ClF2N7O4. The molecule has 1 amide bonds. The number of anilines is 2. The molecule has 4 aromatic rings. The van der Waals surface area contributed by atoms with Crippen molar-refractivity contribution < 1.29 is 23.5 Å². The minimum atomic E-state index is -1.62. The number of carbonyl (C=O) groups excluding carboxylic acids is 2. The van der Waals surface area contributed by atoms with Crippen LogP contribution < -0.4 is 15.8 Å². The molecular weight excluding hydrogens is 608 g/mol. The van der Waals surface area contributed by atoms with Crippen molar-refractivity contribution in [2.75, 3.05) is 42.9 Å². The van der Waals surface area contributed by atoms with Crippen molar-refractivity contribution in [3.8, 4) is 16.9 Å². The lowest BCUT2D eigenvalue weighted by Gasteiger charge is -2.35. The van der Waals surface area contributed by atoms with Crippen molar-refractivity contribution in [2.45, 2.75) is 38.8 Å². The van der Waals surface area contributed by atoms with E-state index >= 15 is 4.39 Å². The average molecular weight is 638 g/mol. The molecule has 3 aromatic heterocycles. The van der Waals surface area contributed by atoms with E-state index in [1.807, 2.05) is 0 Å². The summed E-state index contributed by atoms with van der Waals surface area (Å²) in [6.07, 6.45) is 6.86. The Balaban J connectivity index is 1.19. The van der Waals surface area contributed by atoms with Gasteiger partial charge in [-0.1, -0.05) is 11.6 Å². The van der Waals surface area contributed by atoms with Crippen molar-refractivity contribution in [2.24, 2.45) is 5.92 Å².